The monoisotopic (exact) mass is 231 g/mol. The molecule has 0 spiro atoms. The van der Waals surface area contributed by atoms with Gasteiger partial charge >= 0.3 is 0 Å². The Morgan fingerprint density at radius 3 is 2.65 bits per heavy atom. The zero-order valence-electron chi connectivity index (χ0n) is 10.2. The molecule has 0 aliphatic carbocycles. The zero-order valence-corrected chi connectivity index (χ0v) is 10.2. The van der Waals surface area contributed by atoms with E-state index in [4.69, 9.17) is 4.74 Å². The van der Waals surface area contributed by atoms with E-state index in [2.05, 4.69) is 34.6 Å². The average molecular weight is 231 g/mol. The third-order valence-corrected chi connectivity index (χ3v) is 2.66. The lowest BCUT2D eigenvalue weighted by atomic mass is 10.2. The minimum absolute atomic E-state index is 0.655. The molecule has 0 saturated heterocycles. The number of aromatic nitrogens is 2. The Bertz CT molecular complexity index is 462. The summed E-state index contributed by atoms with van der Waals surface area (Å²) in [6, 6.07) is 8.25. The van der Waals surface area contributed by atoms with Crippen LogP contribution in [0.5, 0.6) is 0 Å². The second-order valence-corrected chi connectivity index (χ2v) is 3.98. The predicted octanol–water partition coefficient (Wildman–Crippen LogP) is 2.18. The highest BCUT2D eigenvalue weighted by molar-refractivity contribution is 5.44. The van der Waals surface area contributed by atoms with Crippen molar-refractivity contribution in [3.8, 4) is 0 Å². The summed E-state index contributed by atoms with van der Waals surface area (Å²) in [4.78, 5) is 4.08. The van der Waals surface area contributed by atoms with E-state index < -0.39 is 0 Å². The first-order chi connectivity index (χ1) is 8.29. The fraction of sp³-hybridized carbons (Fsp3) is 0.308. The zero-order chi connectivity index (χ0) is 12.1. The van der Waals surface area contributed by atoms with Crippen LogP contribution in [0.2, 0.25) is 0 Å². The Hall–Kier alpha value is -1.81. The van der Waals surface area contributed by atoms with Crippen LogP contribution >= 0.6 is 0 Å². The number of methoxy groups -OCH3 is 1. The molecule has 2 aromatic rings. The fourth-order valence-corrected chi connectivity index (χ4v) is 1.63. The van der Waals surface area contributed by atoms with E-state index >= 15 is 0 Å². The highest BCUT2D eigenvalue weighted by Crippen LogP contribution is 2.11. The molecule has 1 heterocycles. The number of aryl methyl sites for hydroxylation is 1. The Kier molecular flexibility index (Phi) is 3.77. The number of nitrogens with zero attached hydrogens (tertiary/aromatic N) is 2. The molecule has 0 radical (unpaired) electrons. The number of rotatable bonds is 5. The lowest BCUT2D eigenvalue weighted by molar-refractivity contribution is 0.185. The standard InChI is InChI=1S/C13H17N3O/c1-16-10-14-7-13(16)8-15-12-5-3-11(4-6-12)9-17-2/h3-7,10,15H,8-9H2,1-2H3. The largest absolute Gasteiger partial charge is 0.380 e. The van der Waals surface area contributed by atoms with Crippen LogP contribution in [0.3, 0.4) is 0 Å². The highest BCUT2D eigenvalue weighted by atomic mass is 16.5. The van der Waals surface area contributed by atoms with E-state index in [1.807, 2.05) is 17.8 Å². The van der Waals surface area contributed by atoms with Crippen molar-refractivity contribution in [2.75, 3.05) is 12.4 Å². The minimum atomic E-state index is 0.655. The molecule has 1 aromatic carbocycles. The number of ether oxygens (including phenoxy) is 1. The molecule has 4 nitrogen and oxygen atoms in total. The average Bonchev–Trinajstić information content (AvgIpc) is 2.75. The van der Waals surface area contributed by atoms with E-state index in [1.165, 1.54) is 5.56 Å². The first-order valence-electron chi connectivity index (χ1n) is 5.56. The number of hydrogen-bond donors (Lipinski definition) is 1. The van der Waals surface area contributed by atoms with Gasteiger partial charge in [0, 0.05) is 26.0 Å². The SMILES string of the molecule is COCc1ccc(NCc2cncn2C)cc1. The maximum absolute atomic E-state index is 5.07. The van der Waals surface area contributed by atoms with Crippen molar-refractivity contribution in [3.63, 3.8) is 0 Å². The lowest BCUT2D eigenvalue weighted by Crippen LogP contribution is -2.03. The molecule has 2 rings (SSSR count). The van der Waals surface area contributed by atoms with Crippen LogP contribution < -0.4 is 5.32 Å². The Morgan fingerprint density at radius 2 is 2.06 bits per heavy atom. The van der Waals surface area contributed by atoms with Crippen molar-refractivity contribution in [1.82, 2.24) is 9.55 Å². The maximum atomic E-state index is 5.07. The van der Waals surface area contributed by atoms with Crippen molar-refractivity contribution < 1.29 is 4.74 Å². The summed E-state index contributed by atoms with van der Waals surface area (Å²) >= 11 is 0. The van der Waals surface area contributed by atoms with Crippen molar-refractivity contribution in [2.24, 2.45) is 7.05 Å². The molecule has 0 saturated carbocycles. The van der Waals surface area contributed by atoms with Gasteiger partial charge in [0.1, 0.15) is 0 Å². The second-order valence-electron chi connectivity index (χ2n) is 3.98. The Balaban J connectivity index is 1.93. The van der Waals surface area contributed by atoms with Gasteiger partial charge in [0.2, 0.25) is 0 Å². The van der Waals surface area contributed by atoms with Gasteiger partial charge in [-0.05, 0) is 17.7 Å². The Labute approximate surface area is 101 Å². The van der Waals surface area contributed by atoms with Gasteiger partial charge in [0.15, 0.2) is 0 Å². The van der Waals surface area contributed by atoms with Gasteiger partial charge in [-0.15, -0.1) is 0 Å². The van der Waals surface area contributed by atoms with E-state index in [-0.39, 0.29) is 0 Å². The first kappa shape index (κ1) is 11.7. The number of nitrogens with one attached hydrogen (secondary N) is 1. The second kappa shape index (κ2) is 5.50. The predicted molar refractivity (Wildman–Crippen MR) is 67.7 cm³/mol. The molecule has 0 aliphatic rings. The molecule has 17 heavy (non-hydrogen) atoms. The third kappa shape index (κ3) is 3.07. The normalized spacial score (nSPS) is 10.5. The summed E-state index contributed by atoms with van der Waals surface area (Å²) in [6.45, 7) is 1.43. The van der Waals surface area contributed by atoms with E-state index in [0.29, 0.717) is 6.61 Å². The Morgan fingerprint density at radius 1 is 1.29 bits per heavy atom. The van der Waals surface area contributed by atoms with Crippen LogP contribution in [0.15, 0.2) is 36.8 Å². The van der Waals surface area contributed by atoms with Gasteiger partial charge in [-0.2, -0.15) is 0 Å². The van der Waals surface area contributed by atoms with Crippen LogP contribution in [0.1, 0.15) is 11.3 Å². The molecular formula is C13H17N3O. The van der Waals surface area contributed by atoms with Gasteiger partial charge in [-0.1, -0.05) is 12.1 Å². The first-order valence-corrected chi connectivity index (χ1v) is 5.56. The lowest BCUT2D eigenvalue weighted by Gasteiger charge is -2.07. The summed E-state index contributed by atoms with van der Waals surface area (Å²) < 4.78 is 7.08. The van der Waals surface area contributed by atoms with Gasteiger partial charge < -0.3 is 14.6 Å². The van der Waals surface area contributed by atoms with Gasteiger partial charge in [0.05, 0.1) is 25.2 Å². The molecule has 0 bridgehead atoms. The molecule has 0 unspecified atom stereocenters. The van der Waals surface area contributed by atoms with E-state index in [0.717, 1.165) is 17.9 Å². The molecule has 0 aliphatic heterocycles. The highest BCUT2D eigenvalue weighted by Gasteiger charge is 1.98. The summed E-state index contributed by atoms with van der Waals surface area (Å²) in [6.07, 6.45) is 3.67. The molecule has 1 N–H and O–H groups in total. The van der Waals surface area contributed by atoms with Crippen LogP contribution in [0.25, 0.3) is 0 Å². The molecule has 90 valence electrons. The summed E-state index contributed by atoms with van der Waals surface area (Å²) in [5, 5.41) is 3.36. The molecule has 0 fully saturated rings. The van der Waals surface area contributed by atoms with Crippen LogP contribution in [-0.2, 0) is 24.9 Å². The molecular weight excluding hydrogens is 214 g/mol. The van der Waals surface area contributed by atoms with Crippen molar-refractivity contribution in [2.45, 2.75) is 13.2 Å². The summed E-state index contributed by atoms with van der Waals surface area (Å²) in [5.74, 6) is 0. The van der Waals surface area contributed by atoms with Crippen LogP contribution in [-0.4, -0.2) is 16.7 Å². The van der Waals surface area contributed by atoms with Crippen LogP contribution in [0, 0.1) is 0 Å². The topological polar surface area (TPSA) is 39.1 Å². The molecule has 0 atom stereocenters. The number of anilines is 1. The number of imidazole rings is 1. The quantitative estimate of drug-likeness (QED) is 0.857. The van der Waals surface area contributed by atoms with Gasteiger partial charge in [0.25, 0.3) is 0 Å². The molecule has 1 aromatic heterocycles. The fourth-order valence-electron chi connectivity index (χ4n) is 1.63. The molecule has 0 amide bonds. The maximum Gasteiger partial charge on any atom is 0.0946 e. The van der Waals surface area contributed by atoms with Crippen molar-refractivity contribution in [3.05, 3.63) is 48.0 Å². The van der Waals surface area contributed by atoms with E-state index in [9.17, 15) is 0 Å². The third-order valence-electron chi connectivity index (χ3n) is 2.66. The smallest absolute Gasteiger partial charge is 0.0946 e. The van der Waals surface area contributed by atoms with Crippen LogP contribution in [0.4, 0.5) is 5.69 Å². The van der Waals surface area contributed by atoms with Gasteiger partial charge in [-0.3, -0.25) is 0 Å². The van der Waals surface area contributed by atoms with Crippen molar-refractivity contribution >= 4 is 5.69 Å². The molecule has 4 heteroatoms. The van der Waals surface area contributed by atoms with Crippen molar-refractivity contribution in [1.29, 1.82) is 0 Å². The van der Waals surface area contributed by atoms with Gasteiger partial charge in [-0.25, -0.2) is 4.98 Å². The van der Waals surface area contributed by atoms with E-state index in [1.54, 1.807) is 13.4 Å². The summed E-state index contributed by atoms with van der Waals surface area (Å²) in [5.41, 5.74) is 3.44. The number of hydrogen-bond acceptors (Lipinski definition) is 3. The summed E-state index contributed by atoms with van der Waals surface area (Å²) in [7, 11) is 3.69. The number of benzene rings is 1. The minimum Gasteiger partial charge on any atom is -0.380 e.